The maximum atomic E-state index is 15.9. The first-order chi connectivity index (χ1) is 14.9. The number of nitrogens with one attached hydrogen (secondary N) is 2. The highest BCUT2D eigenvalue weighted by molar-refractivity contribution is 6.01. The molecule has 1 fully saturated rings. The number of H-pyrrole nitrogens is 1. The van der Waals surface area contributed by atoms with Gasteiger partial charge < -0.3 is 20.3 Å². The number of alkyl halides is 1. The quantitative estimate of drug-likeness (QED) is 0.604. The van der Waals surface area contributed by atoms with Gasteiger partial charge in [0.25, 0.3) is 5.91 Å². The van der Waals surface area contributed by atoms with Crippen molar-refractivity contribution in [2.45, 2.75) is 18.6 Å². The van der Waals surface area contributed by atoms with Crippen LogP contribution in [0, 0.1) is 0 Å². The molecule has 31 heavy (non-hydrogen) atoms. The number of hydrogen-bond donors (Lipinski definition) is 3. The van der Waals surface area contributed by atoms with Crippen LogP contribution < -0.4 is 5.32 Å². The summed E-state index contributed by atoms with van der Waals surface area (Å²) in [5.74, 6) is -0.658. The first-order valence-electron chi connectivity index (χ1n) is 10.3. The maximum absolute atomic E-state index is 15.9. The monoisotopic (exact) mass is 422 g/mol. The number of carbonyl (C=O) groups excluding carboxylic acids is 1. The number of fused-ring (bicyclic) bond motifs is 2. The molecule has 0 spiro atoms. The van der Waals surface area contributed by atoms with Gasteiger partial charge in [0.2, 0.25) is 5.67 Å². The Bertz CT molecular complexity index is 1170. The van der Waals surface area contributed by atoms with E-state index in [2.05, 4.69) is 15.2 Å². The second-order valence-corrected chi connectivity index (χ2v) is 8.24. The van der Waals surface area contributed by atoms with E-state index in [1.807, 2.05) is 36.4 Å². The van der Waals surface area contributed by atoms with Crippen LogP contribution in [0.3, 0.4) is 0 Å². The smallest absolute Gasteiger partial charge is 0.407 e. The number of piperazine rings is 1. The number of carbonyl (C=O) groups is 2. The molecule has 1 saturated heterocycles. The van der Waals surface area contributed by atoms with Gasteiger partial charge in [0.05, 0.1) is 5.69 Å². The Kier molecular flexibility index (Phi) is 4.66. The Morgan fingerprint density at radius 3 is 2.65 bits per heavy atom. The summed E-state index contributed by atoms with van der Waals surface area (Å²) in [5.41, 5.74) is 1.35. The largest absolute Gasteiger partial charge is 0.465 e. The van der Waals surface area contributed by atoms with Crippen LogP contribution in [0.4, 0.5) is 14.9 Å². The van der Waals surface area contributed by atoms with Crippen molar-refractivity contribution < 1.29 is 19.1 Å². The number of para-hydroxylation sites is 1. The molecule has 0 radical (unpaired) electrons. The number of rotatable bonds is 3. The molecule has 160 valence electrons. The molecular formula is C23H23FN4O3. The van der Waals surface area contributed by atoms with Gasteiger partial charge in [0.15, 0.2) is 0 Å². The minimum Gasteiger partial charge on any atom is -0.465 e. The highest BCUT2D eigenvalue weighted by Crippen LogP contribution is 2.38. The molecule has 0 saturated carbocycles. The number of nitrogens with zero attached hydrogens (tertiary/aromatic N) is 2. The first kappa shape index (κ1) is 19.6. The number of hydrogen-bond acceptors (Lipinski definition) is 3. The van der Waals surface area contributed by atoms with Crippen molar-refractivity contribution in [2.24, 2.45) is 0 Å². The summed E-state index contributed by atoms with van der Waals surface area (Å²) in [4.78, 5) is 30.4. The fourth-order valence-corrected chi connectivity index (χ4v) is 4.42. The molecule has 1 aromatic heterocycles. The van der Waals surface area contributed by atoms with Gasteiger partial charge in [-0.05, 0) is 34.7 Å². The lowest BCUT2D eigenvalue weighted by molar-refractivity contribution is -0.128. The SMILES string of the molecule is O=C(O)N1CCN(Cc2ccc3cc(C4(F)Cc5ccccc5NC4=O)[nH]c3c2)CC1. The molecule has 2 amide bonds. The third kappa shape index (κ3) is 3.53. The van der Waals surface area contributed by atoms with E-state index in [4.69, 9.17) is 5.11 Å². The summed E-state index contributed by atoms with van der Waals surface area (Å²) in [6, 6.07) is 14.9. The third-order valence-electron chi connectivity index (χ3n) is 6.22. The highest BCUT2D eigenvalue weighted by atomic mass is 19.1. The molecule has 0 bridgehead atoms. The van der Waals surface area contributed by atoms with Gasteiger partial charge in [0.1, 0.15) is 0 Å². The fraction of sp³-hybridized carbons (Fsp3) is 0.304. The Hall–Kier alpha value is -3.39. The van der Waals surface area contributed by atoms with Crippen molar-refractivity contribution in [1.29, 1.82) is 0 Å². The van der Waals surface area contributed by atoms with Crippen LogP contribution in [0.25, 0.3) is 10.9 Å². The standard InChI is InChI=1S/C23H23FN4O3/c24-23(13-17-3-1-2-4-18(17)26-21(23)29)20-12-16-6-5-15(11-19(16)25-20)14-27-7-9-28(10-8-27)22(30)31/h1-6,11-12,25H,7-10,13-14H2,(H,26,29)(H,30,31). The van der Waals surface area contributed by atoms with Crippen molar-refractivity contribution >= 4 is 28.6 Å². The summed E-state index contributed by atoms with van der Waals surface area (Å²) in [6.07, 6.45) is -0.891. The number of amides is 2. The zero-order valence-corrected chi connectivity index (χ0v) is 16.9. The molecule has 1 unspecified atom stereocenters. The molecule has 2 aliphatic heterocycles. The molecule has 5 rings (SSSR count). The number of aromatic amines is 1. The molecule has 0 aliphatic carbocycles. The van der Waals surface area contributed by atoms with E-state index in [9.17, 15) is 9.59 Å². The molecule has 2 aromatic carbocycles. The second kappa shape index (κ2) is 7.39. The predicted octanol–water partition coefficient (Wildman–Crippen LogP) is 3.32. The van der Waals surface area contributed by atoms with Crippen molar-refractivity contribution in [1.82, 2.24) is 14.8 Å². The molecule has 1 atom stereocenters. The number of benzene rings is 2. The normalized spacial score (nSPS) is 21.7. The maximum Gasteiger partial charge on any atom is 0.407 e. The van der Waals surface area contributed by atoms with Crippen LogP contribution in [0.15, 0.2) is 48.5 Å². The van der Waals surface area contributed by atoms with E-state index in [0.717, 1.165) is 22.0 Å². The van der Waals surface area contributed by atoms with E-state index in [1.165, 1.54) is 4.90 Å². The van der Waals surface area contributed by atoms with Crippen LogP contribution in [-0.2, 0) is 23.4 Å². The van der Waals surface area contributed by atoms with Crippen molar-refractivity contribution in [3.05, 3.63) is 65.4 Å². The molecule has 3 N–H and O–H groups in total. The number of anilines is 1. The second-order valence-electron chi connectivity index (χ2n) is 8.24. The van der Waals surface area contributed by atoms with E-state index in [1.54, 1.807) is 12.1 Å². The van der Waals surface area contributed by atoms with E-state index >= 15 is 4.39 Å². The minimum atomic E-state index is -2.15. The number of carboxylic acid groups (broad SMARTS) is 1. The number of halogens is 1. The fourth-order valence-electron chi connectivity index (χ4n) is 4.42. The van der Waals surface area contributed by atoms with Gasteiger partial charge in [0, 0.05) is 50.3 Å². The van der Waals surface area contributed by atoms with Crippen LogP contribution >= 0.6 is 0 Å². The van der Waals surface area contributed by atoms with Gasteiger partial charge in [-0.1, -0.05) is 30.3 Å². The molecule has 8 heteroatoms. The zero-order valence-electron chi connectivity index (χ0n) is 16.9. The van der Waals surface area contributed by atoms with Crippen molar-refractivity contribution in [3.8, 4) is 0 Å². The highest BCUT2D eigenvalue weighted by Gasteiger charge is 2.45. The van der Waals surface area contributed by atoms with Gasteiger partial charge in [-0.15, -0.1) is 0 Å². The predicted molar refractivity (Wildman–Crippen MR) is 115 cm³/mol. The average molecular weight is 422 g/mol. The lowest BCUT2D eigenvalue weighted by Gasteiger charge is -2.33. The first-order valence-corrected chi connectivity index (χ1v) is 10.3. The van der Waals surface area contributed by atoms with Gasteiger partial charge in [-0.3, -0.25) is 9.69 Å². The van der Waals surface area contributed by atoms with Gasteiger partial charge in [-0.2, -0.15) is 0 Å². The Morgan fingerprint density at radius 1 is 1.10 bits per heavy atom. The topological polar surface area (TPSA) is 88.7 Å². The van der Waals surface area contributed by atoms with E-state index in [0.29, 0.717) is 38.4 Å². The van der Waals surface area contributed by atoms with E-state index < -0.39 is 17.7 Å². The molecule has 2 aliphatic rings. The molecule has 3 aromatic rings. The van der Waals surface area contributed by atoms with Gasteiger partial charge in [-0.25, -0.2) is 9.18 Å². The third-order valence-corrected chi connectivity index (χ3v) is 6.22. The van der Waals surface area contributed by atoms with Crippen LogP contribution in [0.1, 0.15) is 16.8 Å². The summed E-state index contributed by atoms with van der Waals surface area (Å²) in [7, 11) is 0. The Balaban J connectivity index is 1.36. The van der Waals surface area contributed by atoms with Gasteiger partial charge >= 0.3 is 6.09 Å². The molecule has 7 nitrogen and oxygen atoms in total. The van der Waals surface area contributed by atoms with Crippen molar-refractivity contribution in [3.63, 3.8) is 0 Å². The lowest BCUT2D eigenvalue weighted by Crippen LogP contribution is -2.47. The van der Waals surface area contributed by atoms with Crippen LogP contribution in [0.2, 0.25) is 0 Å². The van der Waals surface area contributed by atoms with E-state index in [-0.39, 0.29) is 12.1 Å². The number of aromatic nitrogens is 1. The Morgan fingerprint density at radius 2 is 1.87 bits per heavy atom. The average Bonchev–Trinajstić information content (AvgIpc) is 3.19. The summed E-state index contributed by atoms with van der Waals surface area (Å²) in [5, 5.41) is 12.6. The van der Waals surface area contributed by atoms with Crippen LogP contribution in [0.5, 0.6) is 0 Å². The summed E-state index contributed by atoms with van der Waals surface area (Å²) >= 11 is 0. The van der Waals surface area contributed by atoms with Crippen molar-refractivity contribution in [2.75, 3.05) is 31.5 Å². The molecular weight excluding hydrogens is 399 g/mol. The zero-order chi connectivity index (χ0) is 21.6. The minimum absolute atomic E-state index is 0.0114. The molecule has 3 heterocycles. The Labute approximate surface area is 178 Å². The summed E-state index contributed by atoms with van der Waals surface area (Å²) in [6.45, 7) is 3.02. The summed E-state index contributed by atoms with van der Waals surface area (Å²) < 4.78 is 15.9. The lowest BCUT2D eigenvalue weighted by atomic mass is 9.88. The van der Waals surface area contributed by atoms with Crippen LogP contribution in [-0.4, -0.2) is 58.1 Å².